The molecule has 0 aromatic heterocycles. The van der Waals surface area contributed by atoms with E-state index in [2.05, 4.69) is 5.32 Å². The average molecular weight is 338 g/mol. The zero-order chi connectivity index (χ0) is 16.5. The molecule has 1 N–H and O–H groups in total. The normalized spacial score (nSPS) is 21.4. The number of ether oxygens (including phenoxy) is 1. The molecule has 23 heavy (non-hydrogen) atoms. The minimum Gasteiger partial charge on any atom is -0.465 e. The highest BCUT2D eigenvalue weighted by molar-refractivity contribution is 7.89. The summed E-state index contributed by atoms with van der Waals surface area (Å²) in [5.41, 5.74) is 0.180. The van der Waals surface area contributed by atoms with Crippen LogP contribution in [0, 0.1) is 5.41 Å². The van der Waals surface area contributed by atoms with Crippen molar-refractivity contribution in [2.45, 2.75) is 24.2 Å². The fourth-order valence-corrected chi connectivity index (χ4v) is 5.31. The second kappa shape index (κ2) is 6.22. The molecule has 2 heterocycles. The first-order chi connectivity index (χ1) is 11.0. The van der Waals surface area contributed by atoms with Crippen molar-refractivity contribution >= 4 is 16.0 Å². The van der Waals surface area contributed by atoms with Crippen LogP contribution in [0.15, 0.2) is 29.2 Å². The Balaban J connectivity index is 1.90. The first-order valence-electron chi connectivity index (χ1n) is 7.87. The van der Waals surface area contributed by atoms with Gasteiger partial charge in [0.1, 0.15) is 0 Å². The van der Waals surface area contributed by atoms with Crippen LogP contribution in [0.4, 0.5) is 0 Å². The molecule has 0 atom stereocenters. The number of nitrogens with one attached hydrogen (secondary N) is 1. The molecule has 2 saturated heterocycles. The molecule has 1 aromatic rings. The van der Waals surface area contributed by atoms with E-state index in [1.807, 2.05) is 0 Å². The summed E-state index contributed by atoms with van der Waals surface area (Å²) in [5, 5.41) is 3.32. The number of carbonyl (C=O) groups excluding carboxylic acids is 1. The summed E-state index contributed by atoms with van der Waals surface area (Å²) < 4.78 is 32.3. The minimum atomic E-state index is -3.69. The second-order valence-electron chi connectivity index (χ2n) is 6.33. The molecule has 0 radical (unpaired) electrons. The van der Waals surface area contributed by atoms with Gasteiger partial charge in [0.25, 0.3) is 0 Å². The molecule has 0 amide bonds. The summed E-state index contributed by atoms with van der Waals surface area (Å²) in [7, 11) is -2.43. The van der Waals surface area contributed by atoms with Gasteiger partial charge in [-0.3, -0.25) is 0 Å². The average Bonchev–Trinajstić information content (AvgIpc) is 2.99. The lowest BCUT2D eigenvalue weighted by Gasteiger charge is -2.33. The molecule has 0 aliphatic carbocycles. The van der Waals surface area contributed by atoms with Crippen LogP contribution >= 0.6 is 0 Å². The number of nitrogens with zero attached hydrogens (tertiary/aromatic N) is 1. The number of benzene rings is 1. The summed E-state index contributed by atoms with van der Waals surface area (Å²) in [4.78, 5) is 11.9. The number of carbonyl (C=O) groups is 1. The van der Waals surface area contributed by atoms with Gasteiger partial charge in [-0.15, -0.1) is 0 Å². The highest BCUT2D eigenvalue weighted by Gasteiger charge is 2.44. The largest absolute Gasteiger partial charge is 0.465 e. The Morgan fingerprint density at radius 2 is 1.91 bits per heavy atom. The Bertz CT molecular complexity index is 696. The third-order valence-electron chi connectivity index (χ3n) is 4.98. The molecule has 3 rings (SSSR count). The molecule has 126 valence electrons. The number of sulfonamides is 1. The van der Waals surface area contributed by atoms with Crippen LogP contribution in [0.25, 0.3) is 0 Å². The van der Waals surface area contributed by atoms with E-state index >= 15 is 0 Å². The lowest BCUT2D eigenvalue weighted by molar-refractivity contribution is 0.0596. The van der Waals surface area contributed by atoms with Crippen molar-refractivity contribution in [3.63, 3.8) is 0 Å². The van der Waals surface area contributed by atoms with Gasteiger partial charge in [-0.05, 0) is 49.9 Å². The molecule has 0 bridgehead atoms. The smallest absolute Gasteiger partial charge is 0.339 e. The van der Waals surface area contributed by atoms with E-state index in [-0.39, 0.29) is 15.9 Å². The minimum absolute atomic E-state index is 0.0397. The van der Waals surface area contributed by atoms with Crippen molar-refractivity contribution in [2.75, 3.05) is 33.3 Å². The van der Waals surface area contributed by atoms with Crippen molar-refractivity contribution in [3.8, 4) is 0 Å². The topological polar surface area (TPSA) is 75.7 Å². The fraction of sp³-hybridized carbons (Fsp3) is 0.562. The number of piperidine rings is 1. The maximum absolute atomic E-state index is 13.0. The Kier molecular flexibility index (Phi) is 4.44. The molecule has 0 unspecified atom stereocenters. The number of methoxy groups -OCH3 is 1. The van der Waals surface area contributed by atoms with Gasteiger partial charge in [0.2, 0.25) is 10.0 Å². The Labute approximate surface area is 136 Å². The molecular weight excluding hydrogens is 316 g/mol. The van der Waals surface area contributed by atoms with Gasteiger partial charge >= 0.3 is 5.97 Å². The molecule has 1 spiro atoms. The van der Waals surface area contributed by atoms with Crippen molar-refractivity contribution < 1.29 is 17.9 Å². The molecule has 2 fully saturated rings. The Morgan fingerprint density at radius 1 is 1.22 bits per heavy atom. The maximum atomic E-state index is 13.0. The third-order valence-corrected chi connectivity index (χ3v) is 6.88. The van der Waals surface area contributed by atoms with E-state index in [1.165, 1.54) is 23.5 Å². The zero-order valence-corrected chi connectivity index (χ0v) is 14.1. The van der Waals surface area contributed by atoms with Gasteiger partial charge in [-0.2, -0.15) is 4.31 Å². The summed E-state index contributed by atoms with van der Waals surface area (Å²) in [6, 6.07) is 6.25. The number of hydrogen-bond donors (Lipinski definition) is 1. The molecule has 7 heteroatoms. The summed E-state index contributed by atoms with van der Waals surface area (Å²) >= 11 is 0. The van der Waals surface area contributed by atoms with Crippen molar-refractivity contribution in [1.29, 1.82) is 0 Å². The van der Waals surface area contributed by atoms with Crippen LogP contribution in [-0.2, 0) is 14.8 Å². The van der Waals surface area contributed by atoms with E-state index in [1.54, 1.807) is 12.1 Å². The predicted molar refractivity (Wildman–Crippen MR) is 85.7 cm³/mol. The highest BCUT2D eigenvalue weighted by atomic mass is 32.2. The van der Waals surface area contributed by atoms with Crippen LogP contribution in [0.5, 0.6) is 0 Å². The van der Waals surface area contributed by atoms with Crippen LogP contribution < -0.4 is 5.32 Å². The number of esters is 1. The van der Waals surface area contributed by atoms with Gasteiger partial charge in [-0.1, -0.05) is 12.1 Å². The first-order valence-corrected chi connectivity index (χ1v) is 9.31. The predicted octanol–water partition coefficient (Wildman–Crippen LogP) is 1.24. The second-order valence-corrected chi connectivity index (χ2v) is 8.23. The molecular formula is C16H22N2O4S. The van der Waals surface area contributed by atoms with Crippen LogP contribution in [0.3, 0.4) is 0 Å². The van der Waals surface area contributed by atoms with Gasteiger partial charge in [0, 0.05) is 13.1 Å². The SMILES string of the molecule is COC(=O)c1ccccc1S(=O)(=O)N1CCC2(CCNCC2)C1. The van der Waals surface area contributed by atoms with E-state index < -0.39 is 16.0 Å². The quantitative estimate of drug-likeness (QED) is 0.839. The Morgan fingerprint density at radius 3 is 2.61 bits per heavy atom. The van der Waals surface area contributed by atoms with Gasteiger partial charge < -0.3 is 10.1 Å². The zero-order valence-electron chi connectivity index (χ0n) is 13.2. The number of hydrogen-bond acceptors (Lipinski definition) is 5. The summed E-state index contributed by atoms with van der Waals surface area (Å²) in [5.74, 6) is -0.625. The van der Waals surface area contributed by atoms with Gasteiger partial charge in [0.05, 0.1) is 17.6 Å². The van der Waals surface area contributed by atoms with Crippen LogP contribution in [0.2, 0.25) is 0 Å². The fourth-order valence-electron chi connectivity index (χ4n) is 3.57. The Hall–Kier alpha value is -1.44. The van der Waals surface area contributed by atoms with E-state index in [0.29, 0.717) is 13.1 Å². The summed E-state index contributed by atoms with van der Waals surface area (Å²) in [6.45, 7) is 2.92. The standard InChI is InChI=1S/C16H22N2O4S/c1-22-15(19)13-4-2-3-5-14(13)23(20,21)18-11-8-16(12-18)6-9-17-10-7-16/h2-5,17H,6-12H2,1H3. The van der Waals surface area contributed by atoms with Crippen LogP contribution in [-0.4, -0.2) is 52.0 Å². The molecule has 2 aliphatic rings. The molecule has 2 aliphatic heterocycles. The van der Waals surface area contributed by atoms with Crippen LogP contribution in [0.1, 0.15) is 29.6 Å². The van der Waals surface area contributed by atoms with Gasteiger partial charge in [-0.25, -0.2) is 13.2 Å². The molecule has 0 saturated carbocycles. The maximum Gasteiger partial charge on any atom is 0.339 e. The highest BCUT2D eigenvalue weighted by Crippen LogP contribution is 2.40. The monoisotopic (exact) mass is 338 g/mol. The number of rotatable bonds is 3. The lowest BCUT2D eigenvalue weighted by atomic mass is 9.78. The summed E-state index contributed by atoms with van der Waals surface area (Å²) in [6.07, 6.45) is 2.88. The van der Waals surface area contributed by atoms with E-state index in [9.17, 15) is 13.2 Å². The van der Waals surface area contributed by atoms with Gasteiger partial charge in [0.15, 0.2) is 0 Å². The van der Waals surface area contributed by atoms with E-state index in [4.69, 9.17) is 4.74 Å². The van der Waals surface area contributed by atoms with Crippen molar-refractivity contribution in [2.24, 2.45) is 5.41 Å². The van der Waals surface area contributed by atoms with E-state index in [0.717, 1.165) is 32.4 Å². The lowest BCUT2D eigenvalue weighted by Crippen LogP contribution is -2.40. The van der Waals surface area contributed by atoms with Crippen molar-refractivity contribution in [1.82, 2.24) is 9.62 Å². The molecule has 1 aromatic carbocycles. The van der Waals surface area contributed by atoms with Crippen molar-refractivity contribution in [3.05, 3.63) is 29.8 Å². The molecule has 6 nitrogen and oxygen atoms in total. The third kappa shape index (κ3) is 3.00. The first kappa shape index (κ1) is 16.4.